The first-order valence-corrected chi connectivity index (χ1v) is 11.9. The molecule has 3 N–H and O–H groups in total. The van der Waals surface area contributed by atoms with Gasteiger partial charge in [0.2, 0.25) is 5.91 Å². The fraction of sp³-hybridized carbons (Fsp3) is 0.308. The van der Waals surface area contributed by atoms with Gasteiger partial charge in [-0.25, -0.2) is 4.79 Å². The normalized spacial score (nSPS) is 16.7. The van der Waals surface area contributed by atoms with Crippen molar-refractivity contribution in [1.82, 2.24) is 9.80 Å². The maximum atomic E-state index is 12.7. The van der Waals surface area contributed by atoms with Crippen molar-refractivity contribution < 1.29 is 14.7 Å². The topological polar surface area (TPSA) is 86.9 Å². The minimum absolute atomic E-state index is 0.0127. The lowest BCUT2D eigenvalue weighted by molar-refractivity contribution is -0.130. The van der Waals surface area contributed by atoms with Gasteiger partial charge < -0.3 is 15.7 Å². The number of nitrogens with zero attached hydrogens (tertiary/aromatic N) is 2. The molecule has 1 amide bonds. The first-order valence-electron chi connectivity index (χ1n) is 11.1. The number of carboxylic acids is 1. The van der Waals surface area contributed by atoms with E-state index in [-0.39, 0.29) is 23.6 Å². The molecule has 0 saturated carbocycles. The van der Waals surface area contributed by atoms with E-state index in [0.29, 0.717) is 31.1 Å². The molecule has 4 rings (SSSR count). The highest BCUT2D eigenvalue weighted by Crippen LogP contribution is 2.44. The van der Waals surface area contributed by atoms with E-state index in [0.717, 1.165) is 16.0 Å². The Balaban J connectivity index is 1.73. The second kappa shape index (κ2) is 9.77. The summed E-state index contributed by atoms with van der Waals surface area (Å²) in [6, 6.07) is 20.1. The summed E-state index contributed by atoms with van der Waals surface area (Å²) in [4.78, 5) is 29.7. The number of carboxylic acid groups (broad SMARTS) is 1. The molecule has 0 saturated heterocycles. The maximum Gasteiger partial charge on any atom is 0.338 e. The van der Waals surface area contributed by atoms with Crippen LogP contribution in [0.1, 0.15) is 57.9 Å². The van der Waals surface area contributed by atoms with E-state index in [1.165, 1.54) is 16.9 Å². The molecule has 7 heteroatoms. The Morgan fingerprint density at radius 1 is 1.15 bits per heavy atom. The molecular formula is C26H29N3O3S. The highest BCUT2D eigenvalue weighted by molar-refractivity contribution is 7.16. The van der Waals surface area contributed by atoms with Gasteiger partial charge in [-0.3, -0.25) is 9.69 Å². The number of benzene rings is 2. The van der Waals surface area contributed by atoms with Crippen molar-refractivity contribution in [2.45, 2.75) is 38.9 Å². The van der Waals surface area contributed by atoms with E-state index in [4.69, 9.17) is 5.73 Å². The lowest BCUT2D eigenvalue weighted by Gasteiger charge is -2.42. The zero-order valence-electron chi connectivity index (χ0n) is 18.9. The number of thiophene rings is 1. The average molecular weight is 464 g/mol. The van der Waals surface area contributed by atoms with E-state index in [1.807, 2.05) is 53.4 Å². The summed E-state index contributed by atoms with van der Waals surface area (Å²) in [5.41, 5.74) is 9.46. The molecular weight excluding hydrogens is 434 g/mol. The maximum absolute atomic E-state index is 12.7. The van der Waals surface area contributed by atoms with Crippen LogP contribution >= 0.6 is 11.3 Å². The zero-order chi connectivity index (χ0) is 23.5. The predicted octanol–water partition coefficient (Wildman–Crippen LogP) is 4.74. The fourth-order valence-electron chi connectivity index (χ4n) is 4.69. The number of nitrogens with two attached hydrogens (primary N) is 1. The summed E-state index contributed by atoms with van der Waals surface area (Å²) < 4.78 is 0. The second-order valence-electron chi connectivity index (χ2n) is 8.46. The van der Waals surface area contributed by atoms with Gasteiger partial charge in [0.25, 0.3) is 0 Å². The fourth-order valence-corrected chi connectivity index (χ4v) is 5.92. The van der Waals surface area contributed by atoms with E-state index in [1.54, 1.807) is 6.92 Å². The van der Waals surface area contributed by atoms with Crippen LogP contribution < -0.4 is 5.73 Å². The number of carbonyl (C=O) groups is 2. The smallest absolute Gasteiger partial charge is 0.338 e. The molecule has 2 aromatic carbocycles. The van der Waals surface area contributed by atoms with Gasteiger partial charge in [0.05, 0.1) is 11.6 Å². The molecule has 2 heterocycles. The third-order valence-electron chi connectivity index (χ3n) is 6.44. The molecule has 33 heavy (non-hydrogen) atoms. The molecule has 1 aliphatic heterocycles. The Morgan fingerprint density at radius 2 is 1.79 bits per heavy atom. The van der Waals surface area contributed by atoms with Gasteiger partial charge >= 0.3 is 5.97 Å². The molecule has 2 atom stereocenters. The minimum atomic E-state index is -0.985. The van der Waals surface area contributed by atoms with Crippen molar-refractivity contribution in [1.29, 1.82) is 0 Å². The Labute approximate surface area is 198 Å². The molecule has 0 spiro atoms. The number of carbonyl (C=O) groups excluding carboxylic acids is 1. The Bertz CT molecular complexity index is 1130. The molecule has 1 aromatic heterocycles. The van der Waals surface area contributed by atoms with Crippen LogP contribution in [0.4, 0.5) is 5.00 Å². The average Bonchev–Trinajstić information content (AvgIpc) is 3.16. The summed E-state index contributed by atoms with van der Waals surface area (Å²) in [6.07, 6.45) is 0.622. The number of rotatable bonds is 7. The number of amides is 1. The molecule has 1 aliphatic rings. The van der Waals surface area contributed by atoms with Crippen LogP contribution in [0.3, 0.4) is 0 Å². The van der Waals surface area contributed by atoms with Gasteiger partial charge in [-0.1, -0.05) is 60.7 Å². The van der Waals surface area contributed by atoms with Crippen molar-refractivity contribution in [3.05, 3.63) is 87.8 Å². The van der Waals surface area contributed by atoms with Gasteiger partial charge in [-0.05, 0) is 30.0 Å². The minimum Gasteiger partial charge on any atom is -0.478 e. The zero-order valence-corrected chi connectivity index (χ0v) is 19.7. The standard InChI is InChI=1S/C26H29N3O3S/c1-17(20-11-7-4-8-12-20)29-14-13-21-23(26(31)32)25(27)33-24(21)22(29)16-28(18(2)30)15-19-9-5-3-6-10-19/h3-12,17,22H,13-16,27H2,1-2H3,(H,31,32). The van der Waals surface area contributed by atoms with Gasteiger partial charge in [0.15, 0.2) is 0 Å². The summed E-state index contributed by atoms with van der Waals surface area (Å²) >= 11 is 1.35. The first-order chi connectivity index (χ1) is 15.9. The second-order valence-corrected chi connectivity index (χ2v) is 9.55. The molecule has 6 nitrogen and oxygen atoms in total. The molecule has 0 aliphatic carbocycles. The highest BCUT2D eigenvalue weighted by atomic mass is 32.1. The number of fused-ring (bicyclic) bond motifs is 1. The predicted molar refractivity (Wildman–Crippen MR) is 131 cm³/mol. The third kappa shape index (κ3) is 4.79. The van der Waals surface area contributed by atoms with Gasteiger partial charge in [0.1, 0.15) is 5.00 Å². The van der Waals surface area contributed by atoms with Crippen LogP contribution in [-0.2, 0) is 17.8 Å². The summed E-state index contributed by atoms with van der Waals surface area (Å²) in [5.74, 6) is -0.998. The molecule has 3 aromatic rings. The van der Waals surface area contributed by atoms with Crippen LogP contribution in [-0.4, -0.2) is 39.9 Å². The lowest BCUT2D eigenvalue weighted by atomic mass is 9.93. The number of hydrogen-bond acceptors (Lipinski definition) is 5. The van der Waals surface area contributed by atoms with Crippen molar-refractivity contribution >= 4 is 28.2 Å². The largest absolute Gasteiger partial charge is 0.478 e. The number of hydrogen-bond donors (Lipinski definition) is 2. The Morgan fingerprint density at radius 3 is 2.39 bits per heavy atom. The van der Waals surface area contributed by atoms with Crippen molar-refractivity contribution in [3.63, 3.8) is 0 Å². The molecule has 2 unspecified atom stereocenters. The van der Waals surface area contributed by atoms with Crippen LogP contribution in [0.15, 0.2) is 60.7 Å². The molecule has 0 radical (unpaired) electrons. The number of aromatic carboxylic acids is 1. The quantitative estimate of drug-likeness (QED) is 0.529. The van der Waals surface area contributed by atoms with Gasteiger partial charge in [-0.15, -0.1) is 11.3 Å². The summed E-state index contributed by atoms with van der Waals surface area (Å²) in [7, 11) is 0. The van der Waals surface area contributed by atoms with Crippen molar-refractivity contribution in [2.24, 2.45) is 0 Å². The van der Waals surface area contributed by atoms with E-state index in [2.05, 4.69) is 24.0 Å². The third-order valence-corrected chi connectivity index (χ3v) is 7.60. The van der Waals surface area contributed by atoms with Gasteiger partial charge in [-0.2, -0.15) is 0 Å². The van der Waals surface area contributed by atoms with Gasteiger partial charge in [0, 0.05) is 37.5 Å². The lowest BCUT2D eigenvalue weighted by Crippen LogP contribution is -2.44. The summed E-state index contributed by atoms with van der Waals surface area (Å²) in [6.45, 7) is 5.41. The van der Waals surface area contributed by atoms with Crippen molar-refractivity contribution in [3.8, 4) is 0 Å². The molecule has 0 fully saturated rings. The first kappa shape index (κ1) is 23.0. The van der Waals surface area contributed by atoms with E-state index in [9.17, 15) is 14.7 Å². The van der Waals surface area contributed by atoms with Crippen LogP contribution in [0.25, 0.3) is 0 Å². The van der Waals surface area contributed by atoms with E-state index < -0.39 is 5.97 Å². The monoisotopic (exact) mass is 463 g/mol. The Hall–Kier alpha value is -3.16. The van der Waals surface area contributed by atoms with Crippen molar-refractivity contribution in [2.75, 3.05) is 18.8 Å². The highest BCUT2D eigenvalue weighted by Gasteiger charge is 2.37. The molecule has 172 valence electrons. The number of anilines is 1. The summed E-state index contributed by atoms with van der Waals surface area (Å²) in [5, 5.41) is 10.1. The number of nitrogen functional groups attached to an aromatic ring is 1. The van der Waals surface area contributed by atoms with Crippen LogP contribution in [0, 0.1) is 0 Å². The van der Waals surface area contributed by atoms with Crippen LogP contribution in [0.2, 0.25) is 0 Å². The molecule has 0 bridgehead atoms. The van der Waals surface area contributed by atoms with Crippen LogP contribution in [0.5, 0.6) is 0 Å². The van der Waals surface area contributed by atoms with E-state index >= 15 is 0 Å². The Kier molecular flexibility index (Phi) is 6.81. The SMILES string of the molecule is CC(=O)N(Cc1ccccc1)CC1c2sc(N)c(C(=O)O)c2CCN1C(C)c1ccccc1.